The van der Waals surface area contributed by atoms with Gasteiger partial charge in [0.25, 0.3) is 5.91 Å². The first-order valence-corrected chi connectivity index (χ1v) is 8.09. The third-order valence-electron chi connectivity index (χ3n) is 3.31. The molecule has 2 aromatic heterocycles. The second-order valence-corrected chi connectivity index (χ2v) is 5.82. The normalized spacial score (nSPS) is 10.2. The summed E-state index contributed by atoms with van der Waals surface area (Å²) in [4.78, 5) is 24.0. The highest BCUT2D eigenvalue weighted by molar-refractivity contribution is 6.43. The van der Waals surface area contributed by atoms with E-state index in [1.54, 1.807) is 36.5 Å². The molecule has 10 heteroatoms. The van der Waals surface area contributed by atoms with Crippen LogP contribution in [0.1, 0.15) is 10.4 Å². The largest absolute Gasteiger partial charge is 0.393 e. The summed E-state index contributed by atoms with van der Waals surface area (Å²) in [6.07, 6.45) is 4.30. The number of rotatable bonds is 5. The van der Waals surface area contributed by atoms with Crippen LogP contribution < -0.4 is 21.9 Å². The summed E-state index contributed by atoms with van der Waals surface area (Å²) < 4.78 is 0. The van der Waals surface area contributed by atoms with Gasteiger partial charge >= 0.3 is 0 Å². The summed E-state index contributed by atoms with van der Waals surface area (Å²) >= 11 is 12.1. The van der Waals surface area contributed by atoms with Gasteiger partial charge in [0.2, 0.25) is 0 Å². The van der Waals surface area contributed by atoms with Gasteiger partial charge in [-0.25, -0.2) is 9.97 Å². The first-order chi connectivity index (χ1) is 12.6. The first kappa shape index (κ1) is 17.7. The minimum atomic E-state index is -0.386. The van der Waals surface area contributed by atoms with Gasteiger partial charge in [-0.3, -0.25) is 20.6 Å². The highest BCUT2D eigenvalue weighted by Crippen LogP contribution is 2.33. The van der Waals surface area contributed by atoms with E-state index >= 15 is 0 Å². The fraction of sp³-hybridized carbons (Fsp3) is 0. The third-order valence-corrected chi connectivity index (χ3v) is 4.13. The number of hydrogen-bond acceptors (Lipinski definition) is 7. The molecule has 0 fully saturated rings. The number of carbonyl (C=O) groups excluding carboxylic acids is 1. The van der Waals surface area contributed by atoms with Crippen molar-refractivity contribution >= 4 is 52.1 Å². The van der Waals surface area contributed by atoms with Crippen LogP contribution in [0, 0.1) is 0 Å². The van der Waals surface area contributed by atoms with Crippen LogP contribution in [0.4, 0.5) is 23.0 Å². The van der Waals surface area contributed by atoms with Crippen molar-refractivity contribution in [2.75, 3.05) is 16.5 Å². The van der Waals surface area contributed by atoms with E-state index in [0.29, 0.717) is 27.1 Å². The van der Waals surface area contributed by atoms with E-state index in [2.05, 4.69) is 31.1 Å². The molecule has 0 unspecified atom stereocenters. The maximum Gasteiger partial charge on any atom is 0.271 e. The number of nitrogens with zero attached hydrogens (tertiary/aromatic N) is 3. The lowest BCUT2D eigenvalue weighted by molar-refractivity contribution is 0.0962. The topological polar surface area (TPSA) is 118 Å². The minimum Gasteiger partial charge on any atom is -0.393 e. The molecular formula is C16H13Cl2N7O. The van der Waals surface area contributed by atoms with E-state index in [0.717, 1.165) is 0 Å². The summed E-state index contributed by atoms with van der Waals surface area (Å²) in [5, 5.41) is 3.72. The number of nitrogens with two attached hydrogens (primary N) is 1. The molecule has 0 aliphatic heterocycles. The van der Waals surface area contributed by atoms with Crippen molar-refractivity contribution in [1.82, 2.24) is 20.4 Å². The number of aromatic nitrogens is 3. The molecule has 0 saturated carbocycles. The lowest BCUT2D eigenvalue weighted by Crippen LogP contribution is -2.30. The minimum absolute atomic E-state index is 0.190. The van der Waals surface area contributed by atoms with Crippen molar-refractivity contribution in [3.8, 4) is 0 Å². The van der Waals surface area contributed by atoms with Gasteiger partial charge in [-0.2, -0.15) is 0 Å². The van der Waals surface area contributed by atoms with Gasteiger partial charge in [-0.1, -0.05) is 29.3 Å². The lowest BCUT2D eigenvalue weighted by Gasteiger charge is -2.14. The number of hydrazine groups is 1. The zero-order valence-electron chi connectivity index (χ0n) is 13.2. The molecule has 0 atom stereocenters. The fourth-order valence-corrected chi connectivity index (χ4v) is 2.36. The SMILES string of the molecule is Nc1c(NNC(=O)c2cccnc2)ncnc1Nc1cccc(Cl)c1Cl. The number of benzene rings is 1. The number of anilines is 4. The van der Waals surface area contributed by atoms with Gasteiger partial charge in [0.05, 0.1) is 21.3 Å². The van der Waals surface area contributed by atoms with Crippen molar-refractivity contribution in [2.24, 2.45) is 0 Å². The third kappa shape index (κ3) is 3.93. The number of halogens is 2. The van der Waals surface area contributed by atoms with E-state index in [1.807, 2.05) is 0 Å². The van der Waals surface area contributed by atoms with E-state index in [-0.39, 0.29) is 17.4 Å². The highest BCUT2D eigenvalue weighted by atomic mass is 35.5. The number of hydrogen-bond donors (Lipinski definition) is 4. The Hall–Kier alpha value is -3.10. The Morgan fingerprint density at radius 2 is 1.88 bits per heavy atom. The Kier molecular flexibility index (Phi) is 5.35. The molecule has 0 saturated heterocycles. The van der Waals surface area contributed by atoms with E-state index < -0.39 is 0 Å². The Morgan fingerprint density at radius 1 is 1.08 bits per heavy atom. The molecule has 3 rings (SSSR count). The van der Waals surface area contributed by atoms with Crippen molar-refractivity contribution in [3.05, 3.63) is 64.7 Å². The molecule has 2 heterocycles. The van der Waals surface area contributed by atoms with Crippen molar-refractivity contribution < 1.29 is 4.79 Å². The highest BCUT2D eigenvalue weighted by Gasteiger charge is 2.12. The second-order valence-electron chi connectivity index (χ2n) is 5.03. The molecule has 1 aromatic carbocycles. The van der Waals surface area contributed by atoms with E-state index in [4.69, 9.17) is 28.9 Å². The standard InChI is InChI=1S/C16H13Cl2N7O/c17-10-4-1-5-11(12(10)18)23-14-13(19)15(22-8-21-14)24-25-16(26)9-3-2-6-20-7-9/h1-8H,19H2,(H,25,26)(H2,21,22,23,24). The second kappa shape index (κ2) is 7.85. The van der Waals surface area contributed by atoms with Crippen LogP contribution >= 0.6 is 23.2 Å². The number of carbonyl (C=O) groups is 1. The Bertz CT molecular complexity index is 937. The van der Waals surface area contributed by atoms with Crippen LogP contribution in [0.5, 0.6) is 0 Å². The van der Waals surface area contributed by atoms with Gasteiger partial charge in [-0.05, 0) is 24.3 Å². The van der Waals surface area contributed by atoms with Crippen molar-refractivity contribution in [1.29, 1.82) is 0 Å². The zero-order valence-corrected chi connectivity index (χ0v) is 14.7. The fourth-order valence-electron chi connectivity index (χ4n) is 2.01. The number of pyridine rings is 1. The van der Waals surface area contributed by atoms with E-state index in [9.17, 15) is 4.79 Å². The van der Waals surface area contributed by atoms with Crippen LogP contribution in [0.25, 0.3) is 0 Å². The molecular weight excluding hydrogens is 377 g/mol. The molecule has 3 aromatic rings. The van der Waals surface area contributed by atoms with Crippen molar-refractivity contribution in [2.45, 2.75) is 0 Å². The first-order valence-electron chi connectivity index (χ1n) is 7.34. The van der Waals surface area contributed by atoms with Gasteiger partial charge in [0.15, 0.2) is 11.6 Å². The Morgan fingerprint density at radius 3 is 2.65 bits per heavy atom. The maximum atomic E-state index is 12.0. The van der Waals surface area contributed by atoms with Crippen LogP contribution in [0.2, 0.25) is 10.0 Å². The smallest absolute Gasteiger partial charge is 0.271 e. The van der Waals surface area contributed by atoms with Gasteiger partial charge < -0.3 is 11.1 Å². The van der Waals surface area contributed by atoms with Crippen molar-refractivity contribution in [3.63, 3.8) is 0 Å². The number of amides is 1. The molecule has 0 bridgehead atoms. The van der Waals surface area contributed by atoms with E-state index in [1.165, 1.54) is 12.5 Å². The summed E-state index contributed by atoms with van der Waals surface area (Å²) in [6, 6.07) is 8.42. The Labute approximate surface area is 158 Å². The monoisotopic (exact) mass is 389 g/mol. The summed E-state index contributed by atoms with van der Waals surface area (Å²) in [5.74, 6) is 0.142. The molecule has 8 nitrogen and oxygen atoms in total. The number of nitrogen functional groups attached to an aromatic ring is 1. The van der Waals surface area contributed by atoms with Crippen LogP contribution in [-0.4, -0.2) is 20.9 Å². The van der Waals surface area contributed by atoms with Gasteiger partial charge in [-0.15, -0.1) is 0 Å². The predicted octanol–water partition coefficient (Wildman–Crippen LogP) is 3.26. The summed E-state index contributed by atoms with van der Waals surface area (Å²) in [7, 11) is 0. The zero-order chi connectivity index (χ0) is 18.5. The molecule has 0 aliphatic rings. The molecule has 0 spiro atoms. The van der Waals surface area contributed by atoms with Gasteiger partial charge in [0.1, 0.15) is 12.0 Å². The molecule has 5 N–H and O–H groups in total. The molecule has 132 valence electrons. The van der Waals surface area contributed by atoms with Crippen LogP contribution in [-0.2, 0) is 0 Å². The maximum absolute atomic E-state index is 12.0. The molecule has 0 aliphatic carbocycles. The predicted molar refractivity (Wildman–Crippen MR) is 102 cm³/mol. The number of nitrogens with one attached hydrogen (secondary N) is 3. The summed E-state index contributed by atoms with van der Waals surface area (Å²) in [6.45, 7) is 0. The van der Waals surface area contributed by atoms with Gasteiger partial charge in [0, 0.05) is 12.4 Å². The van der Waals surface area contributed by atoms with Crippen LogP contribution in [0.15, 0.2) is 49.1 Å². The molecule has 26 heavy (non-hydrogen) atoms. The summed E-state index contributed by atoms with van der Waals surface area (Å²) in [5.41, 5.74) is 12.3. The average molecular weight is 390 g/mol. The quantitative estimate of drug-likeness (QED) is 0.494. The molecule has 0 radical (unpaired) electrons. The lowest BCUT2D eigenvalue weighted by atomic mass is 10.3. The molecule has 1 amide bonds. The average Bonchev–Trinajstić information content (AvgIpc) is 2.66. The Balaban J connectivity index is 1.75. The van der Waals surface area contributed by atoms with Crippen LogP contribution in [0.3, 0.4) is 0 Å².